The first kappa shape index (κ1) is 16.3. The Morgan fingerprint density at radius 1 is 1.14 bits per heavy atom. The highest BCUT2D eigenvalue weighted by molar-refractivity contribution is 6.00. The van der Waals surface area contributed by atoms with Gasteiger partial charge in [0.15, 0.2) is 0 Å². The number of aromatic amines is 1. The summed E-state index contributed by atoms with van der Waals surface area (Å²) in [5.41, 5.74) is 3.12. The van der Waals surface area contributed by atoms with Crippen molar-refractivity contribution >= 4 is 5.91 Å². The second kappa shape index (κ2) is 6.38. The molecule has 138 valence electrons. The summed E-state index contributed by atoms with van der Waals surface area (Å²) < 4.78 is 5.67. The van der Waals surface area contributed by atoms with Gasteiger partial charge in [-0.25, -0.2) is 0 Å². The van der Waals surface area contributed by atoms with E-state index in [4.69, 9.17) is 4.42 Å². The van der Waals surface area contributed by atoms with Crippen molar-refractivity contribution in [3.8, 4) is 17.0 Å². The molecule has 4 aromatic rings. The Morgan fingerprint density at radius 2 is 2.04 bits per heavy atom. The van der Waals surface area contributed by atoms with Crippen molar-refractivity contribution in [3.05, 3.63) is 89.8 Å². The second-order valence-electron chi connectivity index (χ2n) is 6.59. The molecule has 2 N–H and O–H groups in total. The van der Waals surface area contributed by atoms with E-state index in [0.717, 1.165) is 5.56 Å². The zero-order valence-corrected chi connectivity index (χ0v) is 14.7. The summed E-state index contributed by atoms with van der Waals surface area (Å²) in [6.45, 7) is 0.376. The number of carbonyl (C=O) groups is 1. The van der Waals surface area contributed by atoms with Gasteiger partial charge in [-0.15, -0.1) is 0 Å². The fourth-order valence-corrected chi connectivity index (χ4v) is 3.67. The zero-order valence-electron chi connectivity index (χ0n) is 14.7. The Morgan fingerprint density at radius 3 is 2.79 bits per heavy atom. The van der Waals surface area contributed by atoms with E-state index in [-0.39, 0.29) is 11.7 Å². The predicted octanol–water partition coefficient (Wildman–Crippen LogP) is 3.52. The lowest BCUT2D eigenvalue weighted by Crippen LogP contribution is -2.28. The molecular weight excluding hydrogens is 356 g/mol. The van der Waals surface area contributed by atoms with Gasteiger partial charge in [0.1, 0.15) is 28.9 Å². The standard InChI is InChI=1S/C21H16N4O3/c26-15-7-2-1-6-14(15)18-17-19(24-23-18)21(27)25(12-13-5-3-9-22-11-13)20(17)16-8-4-10-28-16/h1-11,20,26H,12H2,(H,23,24)/t20-/m1/s1. The molecule has 7 nitrogen and oxygen atoms in total. The van der Waals surface area contributed by atoms with Crippen LogP contribution in [0.4, 0.5) is 0 Å². The van der Waals surface area contributed by atoms with E-state index in [0.29, 0.717) is 34.8 Å². The molecule has 0 fully saturated rings. The number of pyridine rings is 1. The maximum atomic E-state index is 13.2. The Bertz CT molecular complexity index is 1140. The Labute approximate surface area is 160 Å². The average Bonchev–Trinajstić information content (AvgIpc) is 3.43. The summed E-state index contributed by atoms with van der Waals surface area (Å²) >= 11 is 0. The Hall–Kier alpha value is -3.87. The van der Waals surface area contributed by atoms with E-state index in [9.17, 15) is 9.90 Å². The van der Waals surface area contributed by atoms with Gasteiger partial charge < -0.3 is 14.4 Å². The number of carbonyl (C=O) groups excluding carboxylic acids is 1. The number of nitrogens with zero attached hydrogens (tertiary/aromatic N) is 3. The molecule has 0 saturated heterocycles. The molecule has 28 heavy (non-hydrogen) atoms. The van der Waals surface area contributed by atoms with Crippen LogP contribution in [0.3, 0.4) is 0 Å². The number of aromatic hydroxyl groups is 1. The maximum absolute atomic E-state index is 13.2. The van der Waals surface area contributed by atoms with Crippen molar-refractivity contribution in [2.45, 2.75) is 12.6 Å². The molecule has 4 heterocycles. The van der Waals surface area contributed by atoms with Crippen LogP contribution >= 0.6 is 0 Å². The molecule has 0 radical (unpaired) electrons. The lowest BCUT2D eigenvalue weighted by molar-refractivity contribution is 0.0715. The number of hydrogen-bond donors (Lipinski definition) is 2. The quantitative estimate of drug-likeness (QED) is 0.571. The minimum Gasteiger partial charge on any atom is -0.507 e. The smallest absolute Gasteiger partial charge is 0.273 e. The molecule has 0 unspecified atom stereocenters. The molecule has 1 aliphatic heterocycles. The van der Waals surface area contributed by atoms with E-state index in [1.165, 1.54) is 0 Å². The monoisotopic (exact) mass is 372 g/mol. The minimum absolute atomic E-state index is 0.105. The maximum Gasteiger partial charge on any atom is 0.273 e. The number of rotatable bonds is 4. The van der Waals surface area contributed by atoms with Crippen LogP contribution in [0.25, 0.3) is 11.3 Å². The third-order valence-corrected chi connectivity index (χ3v) is 4.91. The summed E-state index contributed by atoms with van der Waals surface area (Å²) in [4.78, 5) is 19.0. The van der Waals surface area contributed by atoms with Crippen molar-refractivity contribution in [1.82, 2.24) is 20.1 Å². The summed E-state index contributed by atoms with van der Waals surface area (Å²) in [6.07, 6.45) is 5.02. The first-order chi connectivity index (χ1) is 13.7. The molecule has 1 atom stereocenters. The van der Waals surface area contributed by atoms with Gasteiger partial charge in [0.05, 0.1) is 6.26 Å². The third kappa shape index (κ3) is 2.48. The van der Waals surface area contributed by atoms with Gasteiger partial charge in [-0.05, 0) is 35.9 Å². The summed E-state index contributed by atoms with van der Waals surface area (Å²) in [5.74, 6) is 0.566. The van der Waals surface area contributed by atoms with Gasteiger partial charge in [-0.3, -0.25) is 14.9 Å². The van der Waals surface area contributed by atoms with E-state index in [1.807, 2.05) is 24.3 Å². The number of benzene rings is 1. The summed E-state index contributed by atoms with van der Waals surface area (Å²) in [5, 5.41) is 17.5. The number of furan rings is 1. The molecule has 0 saturated carbocycles. The molecule has 0 spiro atoms. The Kier molecular flexibility index (Phi) is 3.72. The highest BCUT2D eigenvalue weighted by atomic mass is 16.3. The van der Waals surface area contributed by atoms with Gasteiger partial charge >= 0.3 is 0 Å². The number of phenolic OH excluding ortho intramolecular Hbond substituents is 1. The topological polar surface area (TPSA) is 95.2 Å². The average molecular weight is 372 g/mol. The van der Waals surface area contributed by atoms with E-state index in [2.05, 4.69) is 15.2 Å². The number of amides is 1. The molecule has 1 amide bonds. The number of H-pyrrole nitrogens is 1. The molecule has 3 aromatic heterocycles. The number of phenols is 1. The molecule has 1 aromatic carbocycles. The van der Waals surface area contributed by atoms with E-state index in [1.54, 1.807) is 47.8 Å². The molecule has 0 aliphatic carbocycles. The van der Waals surface area contributed by atoms with Crippen molar-refractivity contribution in [3.63, 3.8) is 0 Å². The van der Waals surface area contributed by atoms with Crippen LogP contribution < -0.4 is 0 Å². The molecule has 7 heteroatoms. The number of aromatic nitrogens is 3. The number of para-hydroxylation sites is 1. The SMILES string of the molecule is O=C1c2[nH]nc(-c3ccccc3O)c2[C@@H](c2ccco2)N1Cc1cccnc1. The minimum atomic E-state index is -0.453. The number of nitrogens with one attached hydrogen (secondary N) is 1. The second-order valence-corrected chi connectivity index (χ2v) is 6.59. The highest BCUT2D eigenvalue weighted by Crippen LogP contribution is 2.44. The van der Waals surface area contributed by atoms with E-state index >= 15 is 0 Å². The van der Waals surface area contributed by atoms with Gasteiger partial charge in [0, 0.05) is 30.1 Å². The van der Waals surface area contributed by atoms with Gasteiger partial charge in [-0.1, -0.05) is 18.2 Å². The van der Waals surface area contributed by atoms with Crippen molar-refractivity contribution in [1.29, 1.82) is 0 Å². The van der Waals surface area contributed by atoms with Crippen LogP contribution in [0.2, 0.25) is 0 Å². The summed E-state index contributed by atoms with van der Waals surface area (Å²) in [7, 11) is 0. The lowest BCUT2D eigenvalue weighted by Gasteiger charge is -2.24. The van der Waals surface area contributed by atoms with Crippen molar-refractivity contribution < 1.29 is 14.3 Å². The fourth-order valence-electron chi connectivity index (χ4n) is 3.67. The van der Waals surface area contributed by atoms with Crippen LogP contribution in [0, 0.1) is 0 Å². The van der Waals surface area contributed by atoms with Gasteiger partial charge in [-0.2, -0.15) is 5.10 Å². The van der Waals surface area contributed by atoms with Crippen LogP contribution in [0.15, 0.2) is 71.6 Å². The summed E-state index contributed by atoms with van der Waals surface area (Å²) in [6, 6.07) is 13.9. The van der Waals surface area contributed by atoms with Crippen LogP contribution in [0.1, 0.15) is 33.4 Å². The van der Waals surface area contributed by atoms with Crippen molar-refractivity contribution in [2.75, 3.05) is 0 Å². The van der Waals surface area contributed by atoms with Gasteiger partial charge in [0.25, 0.3) is 5.91 Å². The fraction of sp³-hybridized carbons (Fsp3) is 0.0952. The highest BCUT2D eigenvalue weighted by Gasteiger charge is 2.43. The first-order valence-corrected chi connectivity index (χ1v) is 8.84. The first-order valence-electron chi connectivity index (χ1n) is 8.84. The van der Waals surface area contributed by atoms with Crippen LogP contribution in [0.5, 0.6) is 5.75 Å². The van der Waals surface area contributed by atoms with Gasteiger partial charge in [0.2, 0.25) is 0 Å². The third-order valence-electron chi connectivity index (χ3n) is 4.91. The molecule has 5 rings (SSSR count). The predicted molar refractivity (Wildman–Crippen MR) is 100 cm³/mol. The zero-order chi connectivity index (χ0) is 19.1. The van der Waals surface area contributed by atoms with Crippen molar-refractivity contribution in [2.24, 2.45) is 0 Å². The van der Waals surface area contributed by atoms with Crippen LogP contribution in [-0.4, -0.2) is 31.1 Å². The largest absolute Gasteiger partial charge is 0.507 e. The van der Waals surface area contributed by atoms with Crippen LogP contribution in [-0.2, 0) is 6.54 Å². The number of fused-ring (bicyclic) bond motifs is 1. The normalized spacial score (nSPS) is 15.8. The number of hydrogen-bond acceptors (Lipinski definition) is 5. The molecule has 1 aliphatic rings. The lowest BCUT2D eigenvalue weighted by atomic mass is 9.99. The Balaban J connectivity index is 1.65. The molecular formula is C21H16N4O3. The van der Waals surface area contributed by atoms with E-state index < -0.39 is 6.04 Å². The molecule has 0 bridgehead atoms.